The Labute approximate surface area is 115 Å². The Kier molecular flexibility index (Phi) is 5.78. The molecule has 0 amide bonds. The van der Waals surface area contributed by atoms with Crippen molar-refractivity contribution < 1.29 is 5.11 Å². The fourth-order valence-corrected chi connectivity index (χ4v) is 1.76. The first kappa shape index (κ1) is 15.5. The molecule has 0 unspecified atom stereocenters. The molecule has 0 aliphatic carbocycles. The van der Waals surface area contributed by atoms with Gasteiger partial charge in [-0.05, 0) is 24.0 Å². The molecular weight excluding hydrogens is 238 g/mol. The quantitative estimate of drug-likeness (QED) is 0.826. The van der Waals surface area contributed by atoms with Gasteiger partial charge < -0.3 is 10.4 Å². The van der Waals surface area contributed by atoms with E-state index in [0.717, 1.165) is 5.69 Å². The maximum atomic E-state index is 9.32. The molecule has 0 bridgehead atoms. The number of rotatable bonds is 6. The van der Waals surface area contributed by atoms with Crippen molar-refractivity contribution in [3.05, 3.63) is 23.4 Å². The summed E-state index contributed by atoms with van der Waals surface area (Å²) < 4.78 is 0. The summed E-state index contributed by atoms with van der Waals surface area (Å²) in [6, 6.07) is 5.83. The first-order chi connectivity index (χ1) is 8.99. The molecule has 1 atom stereocenters. The lowest BCUT2D eigenvalue weighted by Crippen LogP contribution is -2.23. The van der Waals surface area contributed by atoms with E-state index in [0.29, 0.717) is 29.8 Å². The minimum absolute atomic E-state index is 0.135. The summed E-state index contributed by atoms with van der Waals surface area (Å²) in [5.41, 5.74) is 1.51. The number of aliphatic hydroxyl groups is 1. The van der Waals surface area contributed by atoms with Gasteiger partial charge in [-0.25, -0.2) is 4.98 Å². The molecule has 1 aromatic rings. The van der Waals surface area contributed by atoms with Gasteiger partial charge in [0.25, 0.3) is 0 Å². The van der Waals surface area contributed by atoms with Crippen molar-refractivity contribution >= 4 is 5.82 Å². The molecule has 2 N–H and O–H groups in total. The first-order valence-electron chi connectivity index (χ1n) is 6.75. The van der Waals surface area contributed by atoms with Gasteiger partial charge in [0.2, 0.25) is 0 Å². The Balaban J connectivity index is 2.87. The lowest BCUT2D eigenvalue weighted by Gasteiger charge is -2.19. The second-order valence-electron chi connectivity index (χ2n) is 5.47. The van der Waals surface area contributed by atoms with E-state index in [4.69, 9.17) is 5.26 Å². The van der Waals surface area contributed by atoms with Crippen molar-refractivity contribution in [2.24, 2.45) is 11.8 Å². The summed E-state index contributed by atoms with van der Waals surface area (Å²) >= 11 is 0. The van der Waals surface area contributed by atoms with E-state index in [2.05, 4.69) is 44.1 Å². The fraction of sp³-hybridized carbons (Fsp3) is 0.600. The summed E-state index contributed by atoms with van der Waals surface area (Å²) in [4.78, 5) is 4.49. The van der Waals surface area contributed by atoms with Gasteiger partial charge in [-0.3, -0.25) is 0 Å². The molecule has 4 heteroatoms. The van der Waals surface area contributed by atoms with E-state index < -0.39 is 0 Å². The third-order valence-electron chi connectivity index (χ3n) is 3.34. The van der Waals surface area contributed by atoms with Crippen LogP contribution in [-0.2, 0) is 0 Å². The topological polar surface area (TPSA) is 68.9 Å². The van der Waals surface area contributed by atoms with Gasteiger partial charge in [-0.1, -0.05) is 27.7 Å². The van der Waals surface area contributed by atoms with Crippen molar-refractivity contribution in [1.82, 2.24) is 4.98 Å². The van der Waals surface area contributed by atoms with Gasteiger partial charge >= 0.3 is 0 Å². The van der Waals surface area contributed by atoms with E-state index >= 15 is 0 Å². The molecule has 0 spiro atoms. The van der Waals surface area contributed by atoms with Crippen LogP contribution in [0.15, 0.2) is 12.1 Å². The number of aromatic nitrogens is 1. The summed E-state index contributed by atoms with van der Waals surface area (Å²) in [7, 11) is 0. The Hall–Kier alpha value is -1.60. The predicted octanol–water partition coefficient (Wildman–Crippen LogP) is 2.75. The maximum Gasteiger partial charge on any atom is 0.144 e. The molecule has 1 aromatic heterocycles. The fourth-order valence-electron chi connectivity index (χ4n) is 1.76. The van der Waals surface area contributed by atoms with Crippen molar-refractivity contribution in [1.29, 1.82) is 5.26 Å². The molecule has 0 radical (unpaired) electrons. The van der Waals surface area contributed by atoms with Crippen LogP contribution in [0.4, 0.5) is 5.82 Å². The molecule has 0 fully saturated rings. The van der Waals surface area contributed by atoms with Crippen molar-refractivity contribution in [2.45, 2.75) is 33.6 Å². The number of nitriles is 1. The predicted molar refractivity (Wildman–Crippen MR) is 76.9 cm³/mol. The highest BCUT2D eigenvalue weighted by atomic mass is 16.3. The number of pyridine rings is 1. The normalized spacial score (nSPS) is 12.5. The SMILES string of the molecule is CC(C)c1ccc(C#N)c(NC[C@@H](CO)C(C)C)n1. The molecule has 0 saturated heterocycles. The molecule has 104 valence electrons. The highest BCUT2D eigenvalue weighted by molar-refractivity contribution is 5.52. The molecule has 0 aliphatic heterocycles. The largest absolute Gasteiger partial charge is 0.396 e. The molecule has 0 aromatic carbocycles. The average Bonchev–Trinajstić information content (AvgIpc) is 2.38. The van der Waals surface area contributed by atoms with Crippen LogP contribution >= 0.6 is 0 Å². The summed E-state index contributed by atoms with van der Waals surface area (Å²) in [6.07, 6.45) is 0. The zero-order chi connectivity index (χ0) is 14.4. The second-order valence-corrected chi connectivity index (χ2v) is 5.47. The zero-order valence-electron chi connectivity index (χ0n) is 12.1. The van der Waals surface area contributed by atoms with Gasteiger partial charge in [0, 0.05) is 24.8 Å². The maximum absolute atomic E-state index is 9.32. The van der Waals surface area contributed by atoms with Gasteiger partial charge in [0.05, 0.1) is 5.56 Å². The Morgan fingerprint density at radius 3 is 2.47 bits per heavy atom. The van der Waals surface area contributed by atoms with Crippen LogP contribution in [0, 0.1) is 23.2 Å². The van der Waals surface area contributed by atoms with E-state index in [1.807, 2.05) is 6.07 Å². The Bertz CT molecular complexity index is 449. The third kappa shape index (κ3) is 4.22. The smallest absolute Gasteiger partial charge is 0.144 e. The van der Waals surface area contributed by atoms with Crippen molar-refractivity contribution in [3.8, 4) is 6.07 Å². The van der Waals surface area contributed by atoms with Gasteiger partial charge in [0.1, 0.15) is 11.9 Å². The minimum atomic E-state index is 0.135. The van der Waals surface area contributed by atoms with E-state index in [1.165, 1.54) is 0 Å². The lowest BCUT2D eigenvalue weighted by atomic mass is 9.97. The van der Waals surface area contributed by atoms with Crippen LogP contribution in [0.5, 0.6) is 0 Å². The molecular formula is C15H23N3O. The number of nitrogens with zero attached hydrogens (tertiary/aromatic N) is 2. The molecule has 4 nitrogen and oxygen atoms in total. The molecule has 19 heavy (non-hydrogen) atoms. The molecule has 1 heterocycles. The highest BCUT2D eigenvalue weighted by Gasteiger charge is 2.14. The monoisotopic (exact) mass is 261 g/mol. The lowest BCUT2D eigenvalue weighted by molar-refractivity contribution is 0.198. The number of nitrogens with one attached hydrogen (secondary N) is 1. The number of hydrogen-bond acceptors (Lipinski definition) is 4. The zero-order valence-corrected chi connectivity index (χ0v) is 12.1. The van der Waals surface area contributed by atoms with Crippen molar-refractivity contribution in [3.63, 3.8) is 0 Å². The second kappa shape index (κ2) is 7.10. The van der Waals surface area contributed by atoms with Crippen molar-refractivity contribution in [2.75, 3.05) is 18.5 Å². The molecule has 0 saturated carbocycles. The number of anilines is 1. The van der Waals surface area contributed by atoms with E-state index in [1.54, 1.807) is 6.07 Å². The number of aliphatic hydroxyl groups excluding tert-OH is 1. The summed E-state index contributed by atoms with van der Waals surface area (Å²) in [5.74, 6) is 1.49. The minimum Gasteiger partial charge on any atom is -0.396 e. The summed E-state index contributed by atoms with van der Waals surface area (Å²) in [5, 5.41) is 21.6. The van der Waals surface area contributed by atoms with Crippen LogP contribution in [0.3, 0.4) is 0 Å². The van der Waals surface area contributed by atoms with Crippen LogP contribution in [0.25, 0.3) is 0 Å². The van der Waals surface area contributed by atoms with Crippen LogP contribution in [-0.4, -0.2) is 23.2 Å². The number of hydrogen-bond donors (Lipinski definition) is 2. The molecule has 0 aliphatic rings. The third-order valence-corrected chi connectivity index (χ3v) is 3.34. The first-order valence-corrected chi connectivity index (χ1v) is 6.75. The highest BCUT2D eigenvalue weighted by Crippen LogP contribution is 2.19. The van der Waals surface area contributed by atoms with Crippen LogP contribution in [0.1, 0.15) is 44.9 Å². The Morgan fingerprint density at radius 2 is 2.00 bits per heavy atom. The van der Waals surface area contributed by atoms with E-state index in [-0.39, 0.29) is 12.5 Å². The Morgan fingerprint density at radius 1 is 1.32 bits per heavy atom. The van der Waals surface area contributed by atoms with Gasteiger partial charge in [-0.2, -0.15) is 5.26 Å². The molecule has 1 rings (SSSR count). The van der Waals surface area contributed by atoms with Crippen LogP contribution < -0.4 is 5.32 Å². The van der Waals surface area contributed by atoms with E-state index in [9.17, 15) is 5.11 Å². The standard InChI is InChI=1S/C15H23N3O/c1-10(2)13(9-19)8-17-15-12(7-16)5-6-14(18-15)11(3)4/h5-6,10-11,13,19H,8-9H2,1-4H3,(H,17,18)/t13-/m0/s1. The van der Waals surface area contributed by atoms with Gasteiger partial charge in [-0.15, -0.1) is 0 Å². The van der Waals surface area contributed by atoms with Crippen LogP contribution in [0.2, 0.25) is 0 Å². The summed E-state index contributed by atoms with van der Waals surface area (Å²) in [6.45, 7) is 9.05. The van der Waals surface area contributed by atoms with Gasteiger partial charge in [0.15, 0.2) is 0 Å². The average molecular weight is 261 g/mol.